The van der Waals surface area contributed by atoms with Crippen LogP contribution in [-0.4, -0.2) is 35.5 Å². The van der Waals surface area contributed by atoms with Crippen molar-refractivity contribution in [3.05, 3.63) is 66.0 Å². The molecule has 2 aromatic rings. The molecule has 27 heavy (non-hydrogen) atoms. The van der Waals surface area contributed by atoms with Gasteiger partial charge in [0.2, 0.25) is 5.91 Å². The second-order valence-electron chi connectivity index (χ2n) is 7.00. The minimum atomic E-state index is 0.101. The van der Waals surface area contributed by atoms with Crippen LogP contribution in [0.5, 0.6) is 5.75 Å². The van der Waals surface area contributed by atoms with E-state index in [-0.39, 0.29) is 5.91 Å². The van der Waals surface area contributed by atoms with E-state index in [4.69, 9.17) is 4.74 Å². The summed E-state index contributed by atoms with van der Waals surface area (Å²) in [6.45, 7) is 4.40. The number of carbonyl (C=O) groups is 1. The predicted molar refractivity (Wildman–Crippen MR) is 109 cm³/mol. The van der Waals surface area contributed by atoms with E-state index in [1.165, 1.54) is 12.0 Å². The first-order valence-electron chi connectivity index (χ1n) is 9.83. The number of rotatable bonds is 7. The average molecular weight is 364 g/mol. The average Bonchev–Trinajstić information content (AvgIpc) is 2.73. The highest BCUT2D eigenvalue weighted by Crippen LogP contribution is 2.23. The molecule has 1 saturated heterocycles. The third-order valence-corrected chi connectivity index (χ3v) is 5.10. The second kappa shape index (κ2) is 9.91. The molecule has 0 aliphatic carbocycles. The Labute approximate surface area is 161 Å². The van der Waals surface area contributed by atoms with Gasteiger partial charge in [0.05, 0.1) is 6.61 Å². The quantitative estimate of drug-likeness (QED) is 0.685. The summed E-state index contributed by atoms with van der Waals surface area (Å²) in [5, 5.41) is 0. The number of hydrogen-bond donors (Lipinski definition) is 0. The van der Waals surface area contributed by atoms with E-state index >= 15 is 0 Å². The van der Waals surface area contributed by atoms with E-state index in [1.54, 1.807) is 18.5 Å². The number of likely N-dealkylation sites (tertiary alicyclic amines) is 1. The second-order valence-corrected chi connectivity index (χ2v) is 7.00. The molecule has 142 valence electrons. The van der Waals surface area contributed by atoms with Gasteiger partial charge in [0.25, 0.3) is 0 Å². The summed E-state index contributed by atoms with van der Waals surface area (Å²) in [6.07, 6.45) is 11.4. The number of pyridine rings is 1. The van der Waals surface area contributed by atoms with Crippen molar-refractivity contribution in [2.75, 3.05) is 19.7 Å². The van der Waals surface area contributed by atoms with Gasteiger partial charge in [0.15, 0.2) is 0 Å². The zero-order valence-corrected chi connectivity index (χ0v) is 16.0. The van der Waals surface area contributed by atoms with Gasteiger partial charge in [-0.25, -0.2) is 0 Å². The molecule has 1 amide bonds. The number of piperidine rings is 1. The van der Waals surface area contributed by atoms with Crippen LogP contribution in [0.25, 0.3) is 6.08 Å². The molecule has 4 heteroatoms. The van der Waals surface area contributed by atoms with Crippen LogP contribution in [0.15, 0.2) is 54.9 Å². The highest BCUT2D eigenvalue weighted by atomic mass is 16.5. The zero-order valence-electron chi connectivity index (χ0n) is 16.0. The largest absolute Gasteiger partial charge is 0.494 e. The van der Waals surface area contributed by atoms with E-state index in [9.17, 15) is 4.79 Å². The fourth-order valence-corrected chi connectivity index (χ4v) is 3.48. The summed E-state index contributed by atoms with van der Waals surface area (Å²) >= 11 is 0. The Balaban J connectivity index is 1.40. The van der Waals surface area contributed by atoms with Crippen molar-refractivity contribution in [1.29, 1.82) is 0 Å². The van der Waals surface area contributed by atoms with Crippen molar-refractivity contribution >= 4 is 12.0 Å². The number of hydrogen-bond acceptors (Lipinski definition) is 3. The lowest BCUT2D eigenvalue weighted by molar-refractivity contribution is -0.127. The molecule has 1 aromatic heterocycles. The zero-order chi connectivity index (χ0) is 18.9. The van der Waals surface area contributed by atoms with E-state index in [2.05, 4.69) is 29.2 Å². The van der Waals surface area contributed by atoms with Crippen LogP contribution in [0.3, 0.4) is 0 Å². The summed E-state index contributed by atoms with van der Waals surface area (Å²) in [5.41, 5.74) is 2.31. The highest BCUT2D eigenvalue weighted by molar-refractivity contribution is 5.91. The maximum Gasteiger partial charge on any atom is 0.246 e. The molecule has 1 aliphatic rings. The molecule has 0 saturated carbocycles. The molecule has 1 aliphatic heterocycles. The SMILES string of the molecule is CCOc1ccc(CCC2CCN(C(=O)/C=C/c3cccnc3)CC2)cc1. The third-order valence-electron chi connectivity index (χ3n) is 5.10. The summed E-state index contributed by atoms with van der Waals surface area (Å²) in [7, 11) is 0. The smallest absolute Gasteiger partial charge is 0.246 e. The molecule has 0 bridgehead atoms. The molecule has 1 fully saturated rings. The van der Waals surface area contributed by atoms with Crippen molar-refractivity contribution in [3.63, 3.8) is 0 Å². The van der Waals surface area contributed by atoms with Gasteiger partial charge in [-0.2, -0.15) is 0 Å². The number of amides is 1. The lowest BCUT2D eigenvalue weighted by Crippen LogP contribution is -2.37. The van der Waals surface area contributed by atoms with E-state index in [0.29, 0.717) is 12.5 Å². The normalized spacial score (nSPS) is 15.2. The molecule has 0 spiro atoms. The van der Waals surface area contributed by atoms with E-state index in [0.717, 1.165) is 43.7 Å². The van der Waals surface area contributed by atoms with Gasteiger partial charge in [-0.15, -0.1) is 0 Å². The Bertz CT molecular complexity index is 733. The summed E-state index contributed by atoms with van der Waals surface area (Å²) in [4.78, 5) is 18.4. The molecular weight excluding hydrogens is 336 g/mol. The summed E-state index contributed by atoms with van der Waals surface area (Å²) < 4.78 is 5.49. The van der Waals surface area contributed by atoms with Crippen molar-refractivity contribution in [2.45, 2.75) is 32.6 Å². The van der Waals surface area contributed by atoms with Crippen LogP contribution in [0.1, 0.15) is 37.3 Å². The number of ether oxygens (including phenoxy) is 1. The summed E-state index contributed by atoms with van der Waals surface area (Å²) in [5.74, 6) is 1.74. The highest BCUT2D eigenvalue weighted by Gasteiger charge is 2.21. The maximum atomic E-state index is 12.3. The van der Waals surface area contributed by atoms with Gasteiger partial charge >= 0.3 is 0 Å². The van der Waals surface area contributed by atoms with Gasteiger partial charge in [-0.05, 0) is 73.9 Å². The molecule has 0 N–H and O–H groups in total. The Kier molecular flexibility index (Phi) is 7.03. The van der Waals surface area contributed by atoms with Crippen LogP contribution < -0.4 is 4.74 Å². The predicted octanol–water partition coefficient (Wildman–Crippen LogP) is 4.36. The van der Waals surface area contributed by atoms with Gasteiger partial charge in [0.1, 0.15) is 5.75 Å². The Hall–Kier alpha value is -2.62. The molecule has 2 heterocycles. The molecule has 0 radical (unpaired) electrons. The molecule has 3 rings (SSSR count). The standard InChI is InChI=1S/C23H28N2O2/c1-2-27-22-10-7-19(8-11-22)5-6-20-13-16-25(17-14-20)23(26)12-9-21-4-3-15-24-18-21/h3-4,7-12,15,18,20H,2,5-6,13-14,16-17H2,1H3/b12-9+. The first-order valence-corrected chi connectivity index (χ1v) is 9.83. The third kappa shape index (κ3) is 5.95. The monoisotopic (exact) mass is 364 g/mol. The topological polar surface area (TPSA) is 42.4 Å². The van der Waals surface area contributed by atoms with Crippen LogP contribution in [0, 0.1) is 5.92 Å². The lowest BCUT2D eigenvalue weighted by atomic mass is 9.90. The number of carbonyl (C=O) groups excluding carboxylic acids is 1. The van der Waals surface area contributed by atoms with Crippen LogP contribution in [0.2, 0.25) is 0 Å². The first-order chi connectivity index (χ1) is 13.2. The van der Waals surface area contributed by atoms with E-state index < -0.39 is 0 Å². The van der Waals surface area contributed by atoms with Crippen molar-refractivity contribution in [3.8, 4) is 5.75 Å². The van der Waals surface area contributed by atoms with Gasteiger partial charge in [-0.3, -0.25) is 9.78 Å². The number of benzene rings is 1. The van der Waals surface area contributed by atoms with Crippen LogP contribution in [0.4, 0.5) is 0 Å². The minimum Gasteiger partial charge on any atom is -0.494 e. The summed E-state index contributed by atoms with van der Waals surface area (Å²) in [6, 6.07) is 12.2. The maximum absolute atomic E-state index is 12.3. The number of aromatic nitrogens is 1. The molecule has 4 nitrogen and oxygen atoms in total. The Morgan fingerprint density at radius 2 is 2.00 bits per heavy atom. The minimum absolute atomic E-state index is 0.101. The molecule has 0 unspecified atom stereocenters. The lowest BCUT2D eigenvalue weighted by Gasteiger charge is -2.31. The van der Waals surface area contributed by atoms with Crippen molar-refractivity contribution in [1.82, 2.24) is 9.88 Å². The number of aryl methyl sites for hydroxylation is 1. The van der Waals surface area contributed by atoms with Gasteiger partial charge in [-0.1, -0.05) is 18.2 Å². The number of nitrogens with zero attached hydrogens (tertiary/aromatic N) is 2. The Morgan fingerprint density at radius 3 is 2.67 bits per heavy atom. The van der Waals surface area contributed by atoms with Crippen molar-refractivity contribution in [2.24, 2.45) is 5.92 Å². The van der Waals surface area contributed by atoms with Crippen molar-refractivity contribution < 1.29 is 9.53 Å². The first kappa shape index (κ1) is 19.2. The fraction of sp³-hybridized carbons (Fsp3) is 0.391. The fourth-order valence-electron chi connectivity index (χ4n) is 3.48. The van der Waals surface area contributed by atoms with Crippen LogP contribution >= 0.6 is 0 Å². The van der Waals surface area contributed by atoms with Gasteiger partial charge in [0, 0.05) is 31.6 Å². The molecule has 1 aromatic carbocycles. The molecule has 0 atom stereocenters. The molecular formula is C23H28N2O2. The van der Waals surface area contributed by atoms with Crippen LogP contribution in [-0.2, 0) is 11.2 Å². The van der Waals surface area contributed by atoms with Gasteiger partial charge < -0.3 is 9.64 Å². The van der Waals surface area contributed by atoms with E-state index in [1.807, 2.05) is 30.0 Å². The Morgan fingerprint density at radius 1 is 1.22 bits per heavy atom.